The molecule has 0 aromatic heterocycles. The molecular formula is C14H14O2. The lowest BCUT2D eigenvalue weighted by Gasteiger charge is -1.97. The molecule has 0 saturated carbocycles. The van der Waals surface area contributed by atoms with Gasteiger partial charge in [-0.05, 0) is 36.8 Å². The van der Waals surface area contributed by atoms with Crippen LogP contribution in [0.15, 0.2) is 36.4 Å². The molecule has 0 atom stereocenters. The van der Waals surface area contributed by atoms with Crippen LogP contribution in [0.1, 0.15) is 29.3 Å². The highest BCUT2D eigenvalue weighted by Gasteiger charge is 2.02. The van der Waals surface area contributed by atoms with Crippen LogP contribution in [0.2, 0.25) is 0 Å². The highest BCUT2D eigenvalue weighted by atomic mass is 16.5. The van der Waals surface area contributed by atoms with E-state index in [9.17, 15) is 4.79 Å². The van der Waals surface area contributed by atoms with Crippen LogP contribution in [0.3, 0.4) is 0 Å². The Morgan fingerprint density at radius 1 is 1.38 bits per heavy atom. The number of methoxy groups -OCH3 is 1. The largest absolute Gasteiger partial charge is 0.465 e. The van der Waals surface area contributed by atoms with Crippen LogP contribution in [0.4, 0.5) is 0 Å². The minimum Gasteiger partial charge on any atom is -0.465 e. The second kappa shape index (κ2) is 6.47. The lowest BCUT2D eigenvalue weighted by atomic mass is 10.1. The maximum absolute atomic E-state index is 11.2. The Labute approximate surface area is 95.9 Å². The van der Waals surface area contributed by atoms with E-state index in [0.29, 0.717) is 5.56 Å². The van der Waals surface area contributed by atoms with E-state index in [1.807, 2.05) is 12.2 Å². The van der Waals surface area contributed by atoms with Crippen LogP contribution in [-0.2, 0) is 4.74 Å². The van der Waals surface area contributed by atoms with E-state index >= 15 is 0 Å². The number of allylic oxidation sites excluding steroid dienone is 2. The zero-order valence-electron chi connectivity index (χ0n) is 9.49. The molecule has 0 aliphatic carbocycles. The first-order valence-corrected chi connectivity index (χ1v) is 5.13. The van der Waals surface area contributed by atoms with Crippen molar-refractivity contribution in [2.75, 3.05) is 7.11 Å². The summed E-state index contributed by atoms with van der Waals surface area (Å²) in [5, 5.41) is 0. The van der Waals surface area contributed by atoms with Crippen LogP contribution >= 0.6 is 0 Å². The summed E-state index contributed by atoms with van der Waals surface area (Å²) in [6, 6.07) is 7.02. The molecule has 1 aromatic rings. The van der Waals surface area contributed by atoms with Crippen LogP contribution in [-0.4, -0.2) is 13.1 Å². The number of hydrogen-bond acceptors (Lipinski definition) is 2. The van der Waals surface area contributed by atoms with Gasteiger partial charge in [0.2, 0.25) is 0 Å². The fourth-order valence-electron chi connectivity index (χ4n) is 1.11. The third-order valence-electron chi connectivity index (χ3n) is 1.96. The van der Waals surface area contributed by atoms with Gasteiger partial charge < -0.3 is 4.74 Å². The van der Waals surface area contributed by atoms with E-state index < -0.39 is 0 Å². The van der Waals surface area contributed by atoms with Gasteiger partial charge in [-0.3, -0.25) is 0 Å². The zero-order valence-corrected chi connectivity index (χ0v) is 9.49. The summed E-state index contributed by atoms with van der Waals surface area (Å²) in [5.74, 6) is 5.56. The summed E-state index contributed by atoms with van der Waals surface area (Å²) in [6.45, 7) is 2.06. The Hall–Kier alpha value is -2.01. The van der Waals surface area contributed by atoms with Gasteiger partial charge in [0, 0.05) is 5.56 Å². The third kappa shape index (κ3) is 3.62. The molecule has 82 valence electrons. The molecule has 16 heavy (non-hydrogen) atoms. The summed E-state index contributed by atoms with van der Waals surface area (Å²) >= 11 is 0. The molecule has 0 aliphatic heterocycles. The van der Waals surface area contributed by atoms with Gasteiger partial charge in [-0.2, -0.15) is 0 Å². The fraction of sp³-hybridized carbons (Fsp3) is 0.214. The van der Waals surface area contributed by atoms with Crippen molar-refractivity contribution in [1.82, 2.24) is 0 Å². The molecule has 0 saturated heterocycles. The minimum atomic E-state index is -0.328. The number of carbonyl (C=O) groups is 1. The first-order valence-electron chi connectivity index (χ1n) is 5.13. The molecule has 0 heterocycles. The van der Waals surface area contributed by atoms with Gasteiger partial charge in [0.25, 0.3) is 0 Å². The quantitative estimate of drug-likeness (QED) is 0.559. The predicted molar refractivity (Wildman–Crippen MR) is 64.1 cm³/mol. The number of carbonyl (C=O) groups excluding carboxylic acids is 1. The van der Waals surface area contributed by atoms with E-state index in [1.54, 1.807) is 24.3 Å². The topological polar surface area (TPSA) is 26.3 Å². The van der Waals surface area contributed by atoms with E-state index in [-0.39, 0.29) is 5.97 Å². The van der Waals surface area contributed by atoms with Crippen molar-refractivity contribution in [3.05, 3.63) is 47.5 Å². The van der Waals surface area contributed by atoms with Gasteiger partial charge >= 0.3 is 5.97 Å². The molecule has 2 heteroatoms. The smallest absolute Gasteiger partial charge is 0.337 e. The van der Waals surface area contributed by atoms with Crippen molar-refractivity contribution in [1.29, 1.82) is 0 Å². The van der Waals surface area contributed by atoms with E-state index in [0.717, 1.165) is 12.0 Å². The molecule has 0 aliphatic rings. The van der Waals surface area contributed by atoms with Gasteiger partial charge in [0.1, 0.15) is 0 Å². The standard InChI is InChI=1S/C14H14O2/c1-3-4-5-6-7-12-8-10-13(11-9-12)14(15)16-2/h4-5,8-11H,3H2,1-2H3. The van der Waals surface area contributed by atoms with Crippen molar-refractivity contribution in [3.8, 4) is 11.8 Å². The number of rotatable bonds is 2. The monoisotopic (exact) mass is 214 g/mol. The normalized spacial score (nSPS) is 9.62. The Kier molecular flexibility index (Phi) is 4.88. The molecule has 0 radical (unpaired) electrons. The molecule has 0 bridgehead atoms. The molecular weight excluding hydrogens is 200 g/mol. The number of hydrogen-bond donors (Lipinski definition) is 0. The van der Waals surface area contributed by atoms with Gasteiger partial charge in [0.05, 0.1) is 12.7 Å². The summed E-state index contributed by atoms with van der Waals surface area (Å²) < 4.78 is 4.60. The highest BCUT2D eigenvalue weighted by Crippen LogP contribution is 2.04. The van der Waals surface area contributed by atoms with Crippen molar-refractivity contribution in [2.45, 2.75) is 13.3 Å². The molecule has 0 fully saturated rings. The zero-order chi connectivity index (χ0) is 11.8. The van der Waals surface area contributed by atoms with E-state index in [2.05, 4.69) is 23.5 Å². The first-order chi connectivity index (χ1) is 7.77. The van der Waals surface area contributed by atoms with Gasteiger partial charge in [-0.25, -0.2) is 4.79 Å². The van der Waals surface area contributed by atoms with Gasteiger partial charge in [0.15, 0.2) is 0 Å². The highest BCUT2D eigenvalue weighted by molar-refractivity contribution is 5.89. The lowest BCUT2D eigenvalue weighted by molar-refractivity contribution is 0.0601. The van der Waals surface area contributed by atoms with Crippen molar-refractivity contribution in [2.24, 2.45) is 0 Å². The average molecular weight is 214 g/mol. The number of ether oxygens (including phenoxy) is 1. The van der Waals surface area contributed by atoms with Crippen molar-refractivity contribution in [3.63, 3.8) is 0 Å². The summed E-state index contributed by atoms with van der Waals surface area (Å²) in [5.41, 5.74) is 1.42. The molecule has 0 spiro atoms. The molecule has 1 aromatic carbocycles. The van der Waals surface area contributed by atoms with Crippen molar-refractivity contribution >= 4 is 5.97 Å². The molecule has 0 N–H and O–H groups in total. The van der Waals surface area contributed by atoms with E-state index in [4.69, 9.17) is 0 Å². The van der Waals surface area contributed by atoms with Crippen LogP contribution in [0, 0.1) is 11.8 Å². The van der Waals surface area contributed by atoms with Crippen LogP contribution in [0.5, 0.6) is 0 Å². The Morgan fingerprint density at radius 3 is 2.62 bits per heavy atom. The maximum Gasteiger partial charge on any atom is 0.337 e. The summed E-state index contributed by atoms with van der Waals surface area (Å²) in [4.78, 5) is 11.2. The van der Waals surface area contributed by atoms with Gasteiger partial charge in [-0.1, -0.05) is 24.8 Å². The van der Waals surface area contributed by atoms with Crippen LogP contribution < -0.4 is 0 Å². The fourth-order valence-corrected chi connectivity index (χ4v) is 1.11. The second-order valence-electron chi connectivity index (χ2n) is 3.15. The minimum absolute atomic E-state index is 0.328. The second-order valence-corrected chi connectivity index (χ2v) is 3.15. The average Bonchev–Trinajstić information content (AvgIpc) is 2.34. The van der Waals surface area contributed by atoms with Gasteiger partial charge in [-0.15, -0.1) is 0 Å². The number of esters is 1. The van der Waals surface area contributed by atoms with Crippen molar-refractivity contribution < 1.29 is 9.53 Å². The van der Waals surface area contributed by atoms with E-state index in [1.165, 1.54) is 7.11 Å². The third-order valence-corrected chi connectivity index (χ3v) is 1.96. The SMILES string of the molecule is CCC=CC#Cc1ccc(C(=O)OC)cc1. The first kappa shape index (κ1) is 12.1. The molecule has 0 amide bonds. The molecule has 2 nitrogen and oxygen atoms in total. The maximum atomic E-state index is 11.2. The van der Waals surface area contributed by atoms with Crippen LogP contribution in [0.25, 0.3) is 0 Å². The lowest BCUT2D eigenvalue weighted by Crippen LogP contribution is -2.00. The Bertz CT molecular complexity index is 430. The predicted octanol–water partition coefficient (Wildman–Crippen LogP) is 2.79. The molecule has 1 rings (SSSR count). The Morgan fingerprint density at radius 2 is 2.06 bits per heavy atom. The Balaban J connectivity index is 2.74. The molecule has 0 unspecified atom stereocenters. The summed E-state index contributed by atoms with van der Waals surface area (Å²) in [6.07, 6.45) is 4.81. The number of benzene rings is 1. The summed E-state index contributed by atoms with van der Waals surface area (Å²) in [7, 11) is 1.37.